The Balaban J connectivity index is 2.58. The SMILES string of the molecule is CCc1nnc2sc(C(F)(F)F)nn12. The molecular weight excluding hydrogens is 217 g/mol. The standard InChI is InChI=1S/C6H5F3N4S/c1-2-3-10-11-5-13(3)12-4(14-5)6(7,8)9/h2H2,1H3. The van der Waals surface area contributed by atoms with E-state index in [1.165, 1.54) is 0 Å². The monoisotopic (exact) mass is 222 g/mol. The molecule has 0 aliphatic carbocycles. The van der Waals surface area contributed by atoms with E-state index in [1.54, 1.807) is 6.92 Å². The summed E-state index contributed by atoms with van der Waals surface area (Å²) in [4.78, 5) is 0.175. The summed E-state index contributed by atoms with van der Waals surface area (Å²) < 4.78 is 37.8. The molecule has 0 aliphatic heterocycles. The molecular formula is C6H5F3N4S. The molecule has 14 heavy (non-hydrogen) atoms. The summed E-state index contributed by atoms with van der Waals surface area (Å²) in [6.07, 6.45) is -3.90. The molecule has 8 heteroatoms. The molecule has 0 bridgehead atoms. The van der Waals surface area contributed by atoms with Gasteiger partial charge in [0, 0.05) is 6.42 Å². The van der Waals surface area contributed by atoms with E-state index in [1.807, 2.05) is 0 Å². The Morgan fingerprint density at radius 3 is 2.64 bits per heavy atom. The van der Waals surface area contributed by atoms with E-state index in [-0.39, 0.29) is 4.96 Å². The van der Waals surface area contributed by atoms with E-state index in [2.05, 4.69) is 15.3 Å². The van der Waals surface area contributed by atoms with Gasteiger partial charge in [0.25, 0.3) is 0 Å². The van der Waals surface area contributed by atoms with Crippen LogP contribution < -0.4 is 0 Å². The number of halogens is 3. The van der Waals surface area contributed by atoms with Crippen molar-refractivity contribution >= 4 is 16.3 Å². The second kappa shape index (κ2) is 2.91. The van der Waals surface area contributed by atoms with E-state index in [0.29, 0.717) is 23.6 Å². The molecule has 76 valence electrons. The Hall–Kier alpha value is -1.18. The van der Waals surface area contributed by atoms with Gasteiger partial charge in [-0.2, -0.15) is 17.7 Å². The third-order valence-corrected chi connectivity index (χ3v) is 2.56. The van der Waals surface area contributed by atoms with Crippen molar-refractivity contribution in [2.45, 2.75) is 19.5 Å². The first-order chi connectivity index (χ1) is 6.52. The van der Waals surface area contributed by atoms with Crippen LogP contribution in [-0.2, 0) is 12.6 Å². The van der Waals surface area contributed by atoms with Crippen LogP contribution in [0.15, 0.2) is 0 Å². The van der Waals surface area contributed by atoms with Gasteiger partial charge in [-0.25, -0.2) is 0 Å². The zero-order valence-electron chi connectivity index (χ0n) is 7.04. The highest BCUT2D eigenvalue weighted by Crippen LogP contribution is 2.32. The van der Waals surface area contributed by atoms with Gasteiger partial charge < -0.3 is 0 Å². The van der Waals surface area contributed by atoms with Gasteiger partial charge in [0.05, 0.1) is 0 Å². The Labute approximate surface area is 80.4 Å². The normalized spacial score (nSPS) is 12.6. The number of fused-ring (bicyclic) bond motifs is 1. The zero-order chi connectivity index (χ0) is 10.3. The molecule has 4 nitrogen and oxygen atoms in total. The Kier molecular flexibility index (Phi) is 1.95. The molecule has 0 fully saturated rings. The third kappa shape index (κ3) is 1.35. The van der Waals surface area contributed by atoms with Crippen LogP contribution >= 0.6 is 11.3 Å². The van der Waals surface area contributed by atoms with Crippen LogP contribution in [0.3, 0.4) is 0 Å². The van der Waals surface area contributed by atoms with Crippen LogP contribution in [0.5, 0.6) is 0 Å². The lowest BCUT2D eigenvalue weighted by atomic mass is 10.5. The number of nitrogens with zero attached hydrogens (tertiary/aromatic N) is 4. The first-order valence-electron chi connectivity index (χ1n) is 3.80. The summed E-state index contributed by atoms with van der Waals surface area (Å²) in [7, 11) is 0. The maximum atomic E-state index is 12.2. The van der Waals surface area contributed by atoms with Gasteiger partial charge in [0.2, 0.25) is 9.97 Å². The van der Waals surface area contributed by atoms with Crippen molar-refractivity contribution in [1.29, 1.82) is 0 Å². The predicted octanol–water partition coefficient (Wildman–Crippen LogP) is 1.77. The van der Waals surface area contributed by atoms with E-state index in [4.69, 9.17) is 0 Å². The summed E-state index contributed by atoms with van der Waals surface area (Å²) in [5.41, 5.74) is 0. The summed E-state index contributed by atoms with van der Waals surface area (Å²) in [5.74, 6) is 0.437. The number of hydrogen-bond acceptors (Lipinski definition) is 4. The van der Waals surface area contributed by atoms with Crippen molar-refractivity contribution in [3.05, 3.63) is 10.8 Å². The molecule has 2 aromatic heterocycles. The van der Waals surface area contributed by atoms with Crippen LogP contribution in [0.25, 0.3) is 4.96 Å². The smallest absolute Gasteiger partial charge is 0.187 e. The molecule has 0 amide bonds. The molecule has 0 N–H and O–H groups in total. The first kappa shape index (κ1) is 9.38. The van der Waals surface area contributed by atoms with Crippen molar-refractivity contribution < 1.29 is 13.2 Å². The highest BCUT2D eigenvalue weighted by atomic mass is 32.1. The van der Waals surface area contributed by atoms with Gasteiger partial charge in [-0.15, -0.1) is 15.3 Å². The van der Waals surface area contributed by atoms with Crippen molar-refractivity contribution in [2.75, 3.05) is 0 Å². The van der Waals surface area contributed by atoms with E-state index in [9.17, 15) is 13.2 Å². The highest BCUT2D eigenvalue weighted by Gasteiger charge is 2.36. The van der Waals surface area contributed by atoms with E-state index >= 15 is 0 Å². The van der Waals surface area contributed by atoms with Crippen LogP contribution in [0, 0.1) is 0 Å². The number of rotatable bonds is 1. The number of aromatic nitrogens is 4. The lowest BCUT2D eigenvalue weighted by Crippen LogP contribution is -2.05. The van der Waals surface area contributed by atoms with Gasteiger partial charge in [0.1, 0.15) is 0 Å². The topological polar surface area (TPSA) is 43.1 Å². The maximum absolute atomic E-state index is 12.2. The minimum Gasteiger partial charge on any atom is -0.187 e. The molecule has 0 aliphatic rings. The number of hydrogen-bond donors (Lipinski definition) is 0. The molecule has 2 heterocycles. The van der Waals surface area contributed by atoms with Crippen LogP contribution in [0.1, 0.15) is 17.8 Å². The second-order valence-electron chi connectivity index (χ2n) is 2.57. The Morgan fingerprint density at radius 2 is 2.07 bits per heavy atom. The molecule has 0 radical (unpaired) electrons. The van der Waals surface area contributed by atoms with Crippen molar-refractivity contribution in [2.24, 2.45) is 0 Å². The average Bonchev–Trinajstić information content (AvgIpc) is 2.58. The summed E-state index contributed by atoms with van der Waals surface area (Å²) in [5, 5.41) is 9.79. The van der Waals surface area contributed by atoms with Crippen molar-refractivity contribution in [3.63, 3.8) is 0 Å². The molecule has 0 aromatic carbocycles. The fraction of sp³-hybridized carbons (Fsp3) is 0.500. The van der Waals surface area contributed by atoms with E-state index < -0.39 is 11.2 Å². The Morgan fingerprint density at radius 1 is 1.36 bits per heavy atom. The summed E-state index contributed by atoms with van der Waals surface area (Å²) in [6.45, 7) is 1.78. The highest BCUT2D eigenvalue weighted by molar-refractivity contribution is 7.16. The van der Waals surface area contributed by atoms with Crippen molar-refractivity contribution in [3.8, 4) is 0 Å². The van der Waals surface area contributed by atoms with Gasteiger partial charge in [-0.3, -0.25) is 0 Å². The molecule has 2 aromatic rings. The maximum Gasteiger partial charge on any atom is 0.445 e. The van der Waals surface area contributed by atoms with Crippen LogP contribution in [0.2, 0.25) is 0 Å². The minimum atomic E-state index is -4.41. The number of aryl methyl sites for hydroxylation is 1. The lowest BCUT2D eigenvalue weighted by Gasteiger charge is -1.97. The molecule has 0 saturated carbocycles. The average molecular weight is 222 g/mol. The molecule has 0 atom stereocenters. The quantitative estimate of drug-likeness (QED) is 0.738. The number of alkyl halides is 3. The zero-order valence-corrected chi connectivity index (χ0v) is 7.85. The van der Waals surface area contributed by atoms with Crippen LogP contribution in [-0.4, -0.2) is 19.8 Å². The van der Waals surface area contributed by atoms with Crippen molar-refractivity contribution in [1.82, 2.24) is 19.8 Å². The molecule has 0 spiro atoms. The first-order valence-corrected chi connectivity index (χ1v) is 4.62. The fourth-order valence-electron chi connectivity index (χ4n) is 0.992. The third-order valence-electron chi connectivity index (χ3n) is 1.61. The molecule has 2 rings (SSSR count). The van der Waals surface area contributed by atoms with E-state index in [0.717, 1.165) is 4.52 Å². The minimum absolute atomic E-state index is 0.175. The largest absolute Gasteiger partial charge is 0.445 e. The second-order valence-corrected chi connectivity index (χ2v) is 3.53. The fourth-order valence-corrected chi connectivity index (χ4v) is 1.72. The summed E-state index contributed by atoms with van der Waals surface area (Å²) >= 11 is 0.494. The molecule has 0 saturated heterocycles. The van der Waals surface area contributed by atoms with Gasteiger partial charge >= 0.3 is 6.18 Å². The van der Waals surface area contributed by atoms with Crippen LogP contribution in [0.4, 0.5) is 13.2 Å². The Bertz CT molecular complexity index is 457. The van der Waals surface area contributed by atoms with Gasteiger partial charge in [0.15, 0.2) is 5.82 Å². The van der Waals surface area contributed by atoms with Gasteiger partial charge in [-0.1, -0.05) is 18.3 Å². The predicted molar refractivity (Wildman–Crippen MR) is 43.0 cm³/mol. The molecule has 0 unspecified atom stereocenters. The lowest BCUT2D eigenvalue weighted by molar-refractivity contribution is -0.138. The summed E-state index contributed by atoms with van der Waals surface area (Å²) in [6, 6.07) is 0. The van der Waals surface area contributed by atoms with Gasteiger partial charge in [-0.05, 0) is 0 Å².